The Morgan fingerprint density at radius 3 is 2.46 bits per heavy atom. The fraction of sp³-hybridized carbons (Fsp3) is 0.529. The summed E-state index contributed by atoms with van der Waals surface area (Å²) < 4.78 is 8.70. The maximum Gasteiger partial charge on any atom is 0.277 e. The van der Waals surface area contributed by atoms with Crippen LogP contribution in [0.4, 0.5) is 17.3 Å². The lowest BCUT2D eigenvalue weighted by Gasteiger charge is -2.15. The van der Waals surface area contributed by atoms with Crippen molar-refractivity contribution in [2.75, 3.05) is 0 Å². The van der Waals surface area contributed by atoms with Crippen LogP contribution in [0.2, 0.25) is 0 Å². The van der Waals surface area contributed by atoms with Crippen molar-refractivity contribution in [3.05, 3.63) is 28.6 Å². The number of azo groups is 1. The van der Waals surface area contributed by atoms with Gasteiger partial charge in [-0.3, -0.25) is 0 Å². The van der Waals surface area contributed by atoms with Crippen LogP contribution in [0.1, 0.15) is 57.7 Å². The largest absolute Gasteiger partial charge is 0.348 e. The summed E-state index contributed by atoms with van der Waals surface area (Å²) in [5.74, 6) is 1.25. The Morgan fingerprint density at radius 1 is 1.19 bits per heavy atom. The topological polar surface area (TPSA) is 90.2 Å². The minimum Gasteiger partial charge on any atom is -0.348 e. The van der Waals surface area contributed by atoms with Gasteiger partial charge in [0, 0.05) is 18.4 Å². The summed E-state index contributed by atoms with van der Waals surface area (Å²) in [6.07, 6.45) is 0. The molecule has 0 aliphatic carbocycles. The van der Waals surface area contributed by atoms with E-state index in [1.54, 1.807) is 11.6 Å². The molecule has 0 aliphatic heterocycles. The van der Waals surface area contributed by atoms with Crippen molar-refractivity contribution < 1.29 is 4.52 Å². The predicted octanol–water partition coefficient (Wildman–Crippen LogP) is 4.75. The summed E-state index contributed by atoms with van der Waals surface area (Å²) in [7, 11) is 1.94. The van der Waals surface area contributed by atoms with E-state index in [1.807, 2.05) is 11.6 Å². The summed E-state index contributed by atoms with van der Waals surface area (Å²) in [6, 6.07) is 0. The predicted molar refractivity (Wildman–Crippen MR) is 96.4 cm³/mol. The Labute approximate surface area is 151 Å². The van der Waals surface area contributed by atoms with Crippen LogP contribution < -0.4 is 0 Å². The van der Waals surface area contributed by atoms with Crippen molar-refractivity contribution in [1.29, 1.82) is 0 Å². The Morgan fingerprint density at radius 2 is 1.88 bits per heavy atom. The molecule has 0 aromatic carbocycles. The molecule has 0 radical (unpaired) electrons. The van der Waals surface area contributed by atoms with Gasteiger partial charge in [-0.25, -0.2) is 4.85 Å². The van der Waals surface area contributed by atoms with Crippen molar-refractivity contribution >= 4 is 22.9 Å². The maximum absolute atomic E-state index is 7.25. The monoisotopic (exact) mass is 354 g/mol. The molecule has 0 saturated carbocycles. The zero-order valence-electron chi connectivity index (χ0n) is 16.1. The molecule has 0 fully saturated rings. The average Bonchev–Trinajstić information content (AvgIpc) is 3.18. The number of hydrogen-bond acceptors (Lipinski definition) is 6. The zero-order chi connectivity index (χ0) is 19.2. The second-order valence-electron chi connectivity index (χ2n) is 7.57. The van der Waals surface area contributed by atoms with E-state index < -0.39 is 0 Å². The Bertz CT molecular complexity index is 1040. The van der Waals surface area contributed by atoms with Crippen LogP contribution >= 0.6 is 0 Å². The molecule has 3 heterocycles. The van der Waals surface area contributed by atoms with Crippen molar-refractivity contribution in [3.63, 3.8) is 0 Å². The average molecular weight is 354 g/mol. The third-order valence-electron chi connectivity index (χ3n) is 4.07. The summed E-state index contributed by atoms with van der Waals surface area (Å²) in [5.41, 5.74) is 2.65. The summed E-state index contributed by atoms with van der Waals surface area (Å²) >= 11 is 0. The third kappa shape index (κ3) is 2.77. The van der Waals surface area contributed by atoms with Gasteiger partial charge in [0.05, 0.1) is 18.0 Å². The number of aryl methyl sites for hydroxylation is 2. The highest BCUT2D eigenvalue weighted by Gasteiger charge is 2.28. The Kier molecular flexibility index (Phi) is 4.14. The van der Waals surface area contributed by atoms with Crippen LogP contribution in [-0.4, -0.2) is 24.6 Å². The molecule has 0 aliphatic rings. The van der Waals surface area contributed by atoms with Crippen LogP contribution in [0.25, 0.3) is 10.5 Å². The first kappa shape index (κ1) is 17.8. The molecule has 26 heavy (non-hydrogen) atoms. The Balaban J connectivity index is 2.22. The molecule has 3 aromatic rings. The van der Waals surface area contributed by atoms with Crippen molar-refractivity contribution in [1.82, 2.24) is 24.6 Å². The standard InChI is InChI=1S/C17H22N8O/c1-9(2)14-22-25-16(24(14)8)12(13(21-25)17(4,5)6)19-20-15-11(18-7)10(3)23-26-15/h9H,1-6,8H3. The van der Waals surface area contributed by atoms with Gasteiger partial charge in [0.25, 0.3) is 11.6 Å². The van der Waals surface area contributed by atoms with Gasteiger partial charge in [-0.2, -0.15) is 5.10 Å². The van der Waals surface area contributed by atoms with E-state index in [-0.39, 0.29) is 22.9 Å². The number of rotatable bonds is 3. The van der Waals surface area contributed by atoms with E-state index in [4.69, 9.17) is 11.1 Å². The number of hydrogen-bond donors (Lipinski definition) is 0. The quantitative estimate of drug-likeness (QED) is 0.501. The van der Waals surface area contributed by atoms with Crippen LogP contribution in [0.5, 0.6) is 0 Å². The number of nitrogens with zero attached hydrogens (tertiary/aromatic N) is 8. The summed E-state index contributed by atoms with van der Waals surface area (Å²) in [5, 5.41) is 21.5. The summed E-state index contributed by atoms with van der Waals surface area (Å²) in [6.45, 7) is 19.3. The van der Waals surface area contributed by atoms with E-state index in [2.05, 4.69) is 65.0 Å². The van der Waals surface area contributed by atoms with Crippen LogP contribution in [0, 0.1) is 13.5 Å². The molecule has 0 N–H and O–H groups in total. The molecule has 9 nitrogen and oxygen atoms in total. The number of fused-ring (bicyclic) bond motifs is 1. The van der Waals surface area contributed by atoms with Gasteiger partial charge in [0.15, 0.2) is 11.3 Å². The SMILES string of the molecule is [C-]#[N+]c1c(C)noc1N=Nc1c(C(C)(C)C)nn2nc(C(C)C)n(C)c12. The van der Waals surface area contributed by atoms with Crippen molar-refractivity contribution in [3.8, 4) is 0 Å². The highest BCUT2D eigenvalue weighted by molar-refractivity contribution is 5.69. The maximum atomic E-state index is 7.25. The molecule has 9 heteroatoms. The molecule has 0 spiro atoms. The lowest BCUT2D eigenvalue weighted by Crippen LogP contribution is -2.13. The fourth-order valence-electron chi connectivity index (χ4n) is 2.77. The molecule has 136 valence electrons. The van der Waals surface area contributed by atoms with Crippen LogP contribution in [0.3, 0.4) is 0 Å². The van der Waals surface area contributed by atoms with Gasteiger partial charge in [0.2, 0.25) is 0 Å². The molecule has 3 rings (SSSR count). The fourth-order valence-corrected chi connectivity index (χ4v) is 2.77. The molecule has 0 unspecified atom stereocenters. The molecular formula is C17H22N8O. The van der Waals surface area contributed by atoms with E-state index in [9.17, 15) is 0 Å². The highest BCUT2D eigenvalue weighted by Crippen LogP contribution is 2.38. The summed E-state index contributed by atoms with van der Waals surface area (Å²) in [4.78, 5) is 3.41. The van der Waals surface area contributed by atoms with Gasteiger partial charge in [-0.1, -0.05) is 39.8 Å². The zero-order valence-corrected chi connectivity index (χ0v) is 16.1. The second-order valence-corrected chi connectivity index (χ2v) is 7.57. The second kappa shape index (κ2) is 6.05. The molecule has 0 bridgehead atoms. The van der Waals surface area contributed by atoms with Crippen LogP contribution in [0.15, 0.2) is 14.8 Å². The first-order chi connectivity index (χ1) is 12.1. The molecule has 0 amide bonds. The molecule has 0 atom stereocenters. The minimum atomic E-state index is -0.250. The highest BCUT2D eigenvalue weighted by atomic mass is 16.5. The van der Waals surface area contributed by atoms with Gasteiger partial charge < -0.3 is 9.09 Å². The smallest absolute Gasteiger partial charge is 0.277 e. The third-order valence-corrected chi connectivity index (χ3v) is 4.07. The van der Waals surface area contributed by atoms with Gasteiger partial charge in [0.1, 0.15) is 5.82 Å². The van der Waals surface area contributed by atoms with E-state index >= 15 is 0 Å². The van der Waals surface area contributed by atoms with Gasteiger partial charge in [-0.05, 0) is 6.92 Å². The van der Waals surface area contributed by atoms with E-state index in [0.29, 0.717) is 11.4 Å². The normalized spacial score (nSPS) is 12.6. The van der Waals surface area contributed by atoms with Gasteiger partial charge in [-0.15, -0.1) is 20.0 Å². The first-order valence-electron chi connectivity index (χ1n) is 8.36. The van der Waals surface area contributed by atoms with E-state index in [0.717, 1.165) is 17.2 Å². The van der Waals surface area contributed by atoms with Gasteiger partial charge >= 0.3 is 0 Å². The van der Waals surface area contributed by atoms with E-state index in [1.165, 1.54) is 0 Å². The van der Waals surface area contributed by atoms with Crippen LogP contribution in [-0.2, 0) is 12.5 Å². The molecular weight excluding hydrogens is 332 g/mol. The Hall–Kier alpha value is -3.02. The lowest BCUT2D eigenvalue weighted by molar-refractivity contribution is 0.423. The minimum absolute atomic E-state index is 0.1000. The lowest BCUT2D eigenvalue weighted by atomic mass is 9.91. The molecule has 3 aromatic heterocycles. The number of aromatic nitrogens is 5. The molecule has 0 saturated heterocycles. The van der Waals surface area contributed by atoms with Crippen molar-refractivity contribution in [2.24, 2.45) is 17.3 Å². The van der Waals surface area contributed by atoms with Crippen molar-refractivity contribution in [2.45, 2.75) is 52.9 Å². The first-order valence-corrected chi connectivity index (χ1v) is 8.36.